The van der Waals surface area contributed by atoms with Gasteiger partial charge in [-0.1, -0.05) is 13.0 Å². The van der Waals surface area contributed by atoms with Crippen molar-refractivity contribution in [2.45, 2.75) is 19.8 Å². The minimum atomic E-state index is -0.767. The van der Waals surface area contributed by atoms with Crippen LogP contribution in [0.1, 0.15) is 18.1 Å². The van der Waals surface area contributed by atoms with Gasteiger partial charge >= 0.3 is 5.97 Å². The Labute approximate surface area is 91.1 Å². The van der Waals surface area contributed by atoms with Crippen molar-refractivity contribution in [2.75, 3.05) is 0 Å². The van der Waals surface area contributed by atoms with Crippen LogP contribution in [0.2, 0.25) is 0 Å². The standard InChI is InChI=1S/C10H11IO2/c1-2-7-3-4-9(11)5-8(7)6-10(12)13/h3-5H,2,6H2,1H3,(H,12,13). The van der Waals surface area contributed by atoms with Gasteiger partial charge in [0, 0.05) is 3.57 Å². The van der Waals surface area contributed by atoms with Gasteiger partial charge in [-0.25, -0.2) is 0 Å². The van der Waals surface area contributed by atoms with E-state index in [0.29, 0.717) is 0 Å². The zero-order valence-electron chi connectivity index (χ0n) is 7.38. The van der Waals surface area contributed by atoms with Crippen molar-refractivity contribution >= 4 is 28.6 Å². The lowest BCUT2D eigenvalue weighted by molar-refractivity contribution is -0.136. The Morgan fingerprint density at radius 2 is 2.15 bits per heavy atom. The van der Waals surface area contributed by atoms with Gasteiger partial charge in [-0.15, -0.1) is 0 Å². The molecule has 0 aliphatic carbocycles. The number of halogens is 1. The summed E-state index contributed by atoms with van der Waals surface area (Å²) in [5, 5.41) is 8.68. The van der Waals surface area contributed by atoms with E-state index < -0.39 is 5.97 Å². The molecule has 1 N–H and O–H groups in total. The van der Waals surface area contributed by atoms with Crippen molar-refractivity contribution in [3.63, 3.8) is 0 Å². The highest BCUT2D eigenvalue weighted by Crippen LogP contribution is 2.15. The first kappa shape index (κ1) is 10.5. The lowest BCUT2D eigenvalue weighted by atomic mass is 10.0. The molecule has 1 rings (SSSR count). The van der Waals surface area contributed by atoms with Crippen LogP contribution in [0.4, 0.5) is 0 Å². The molecular formula is C10H11IO2. The third-order valence-electron chi connectivity index (χ3n) is 1.89. The molecule has 0 aliphatic rings. The maximum Gasteiger partial charge on any atom is 0.307 e. The first-order valence-corrected chi connectivity index (χ1v) is 5.20. The van der Waals surface area contributed by atoms with Crippen molar-refractivity contribution in [3.05, 3.63) is 32.9 Å². The van der Waals surface area contributed by atoms with E-state index in [0.717, 1.165) is 21.1 Å². The van der Waals surface area contributed by atoms with Gasteiger partial charge in [-0.05, 0) is 52.3 Å². The van der Waals surface area contributed by atoms with Crippen LogP contribution in [0.5, 0.6) is 0 Å². The van der Waals surface area contributed by atoms with E-state index in [1.807, 2.05) is 25.1 Å². The van der Waals surface area contributed by atoms with Gasteiger partial charge in [0.15, 0.2) is 0 Å². The van der Waals surface area contributed by atoms with E-state index >= 15 is 0 Å². The van der Waals surface area contributed by atoms with Crippen molar-refractivity contribution in [3.8, 4) is 0 Å². The molecule has 3 heteroatoms. The fourth-order valence-corrected chi connectivity index (χ4v) is 1.82. The molecule has 70 valence electrons. The number of carboxylic acid groups (broad SMARTS) is 1. The minimum Gasteiger partial charge on any atom is -0.481 e. The summed E-state index contributed by atoms with van der Waals surface area (Å²) in [6.45, 7) is 2.04. The van der Waals surface area contributed by atoms with Gasteiger partial charge in [0.25, 0.3) is 0 Å². The molecule has 0 saturated heterocycles. The van der Waals surface area contributed by atoms with Crippen LogP contribution in [0, 0.1) is 3.57 Å². The van der Waals surface area contributed by atoms with Gasteiger partial charge < -0.3 is 5.11 Å². The summed E-state index contributed by atoms with van der Waals surface area (Å²) in [5.41, 5.74) is 2.06. The number of carbonyl (C=O) groups is 1. The summed E-state index contributed by atoms with van der Waals surface area (Å²) in [5.74, 6) is -0.767. The normalized spacial score (nSPS) is 10.0. The molecule has 0 heterocycles. The predicted molar refractivity (Wildman–Crippen MR) is 59.9 cm³/mol. The summed E-state index contributed by atoms with van der Waals surface area (Å²) < 4.78 is 1.09. The summed E-state index contributed by atoms with van der Waals surface area (Å²) in [4.78, 5) is 10.5. The second-order valence-electron chi connectivity index (χ2n) is 2.84. The smallest absolute Gasteiger partial charge is 0.307 e. The number of aliphatic carboxylic acids is 1. The van der Waals surface area contributed by atoms with Gasteiger partial charge in [-0.2, -0.15) is 0 Å². The molecule has 0 unspecified atom stereocenters. The molecule has 0 spiro atoms. The topological polar surface area (TPSA) is 37.3 Å². The van der Waals surface area contributed by atoms with Crippen LogP contribution in [-0.2, 0) is 17.6 Å². The second-order valence-corrected chi connectivity index (χ2v) is 4.08. The summed E-state index contributed by atoms with van der Waals surface area (Å²) in [6.07, 6.45) is 1.01. The van der Waals surface area contributed by atoms with E-state index in [9.17, 15) is 4.79 Å². The molecular weight excluding hydrogens is 279 g/mol. The molecule has 2 nitrogen and oxygen atoms in total. The molecule has 13 heavy (non-hydrogen) atoms. The third-order valence-corrected chi connectivity index (χ3v) is 2.56. The third kappa shape index (κ3) is 2.99. The summed E-state index contributed by atoms with van der Waals surface area (Å²) in [7, 11) is 0. The molecule has 0 radical (unpaired) electrons. The first-order valence-electron chi connectivity index (χ1n) is 4.12. The molecule has 0 amide bonds. The number of rotatable bonds is 3. The Morgan fingerprint density at radius 3 is 2.69 bits per heavy atom. The van der Waals surface area contributed by atoms with E-state index in [1.165, 1.54) is 0 Å². The molecule has 0 fully saturated rings. The fourth-order valence-electron chi connectivity index (χ4n) is 1.27. The molecule has 1 aromatic rings. The van der Waals surface area contributed by atoms with Crippen LogP contribution < -0.4 is 0 Å². The van der Waals surface area contributed by atoms with Crippen molar-refractivity contribution in [2.24, 2.45) is 0 Å². The molecule has 0 saturated carbocycles. The lowest BCUT2D eigenvalue weighted by Gasteiger charge is -2.05. The monoisotopic (exact) mass is 290 g/mol. The van der Waals surface area contributed by atoms with Crippen molar-refractivity contribution in [1.29, 1.82) is 0 Å². The van der Waals surface area contributed by atoms with Gasteiger partial charge in [0.2, 0.25) is 0 Å². The van der Waals surface area contributed by atoms with E-state index in [1.54, 1.807) is 0 Å². The fraction of sp³-hybridized carbons (Fsp3) is 0.300. The highest BCUT2D eigenvalue weighted by Gasteiger charge is 2.05. The van der Waals surface area contributed by atoms with Crippen LogP contribution >= 0.6 is 22.6 Å². The Hall–Kier alpha value is -0.580. The number of hydrogen-bond donors (Lipinski definition) is 1. The molecule has 0 atom stereocenters. The van der Waals surface area contributed by atoms with Gasteiger partial charge in [-0.3, -0.25) is 4.79 Å². The maximum atomic E-state index is 10.5. The van der Waals surface area contributed by atoms with E-state index in [2.05, 4.69) is 22.6 Å². The SMILES string of the molecule is CCc1ccc(I)cc1CC(=O)O. The van der Waals surface area contributed by atoms with Gasteiger partial charge in [0.1, 0.15) is 0 Å². The Balaban J connectivity index is 3.01. The maximum absolute atomic E-state index is 10.5. The average molecular weight is 290 g/mol. The highest BCUT2D eigenvalue weighted by atomic mass is 127. The summed E-state index contributed by atoms with van der Waals surface area (Å²) in [6, 6.07) is 5.94. The molecule has 1 aromatic carbocycles. The lowest BCUT2D eigenvalue weighted by Crippen LogP contribution is -2.03. The zero-order valence-corrected chi connectivity index (χ0v) is 9.54. The Kier molecular flexibility index (Phi) is 3.71. The summed E-state index contributed by atoms with van der Waals surface area (Å²) >= 11 is 2.19. The second kappa shape index (κ2) is 4.60. The van der Waals surface area contributed by atoms with Crippen molar-refractivity contribution in [1.82, 2.24) is 0 Å². The first-order chi connectivity index (χ1) is 6.13. The zero-order chi connectivity index (χ0) is 9.84. The van der Waals surface area contributed by atoms with Crippen LogP contribution in [0.15, 0.2) is 18.2 Å². The molecule has 0 aromatic heterocycles. The largest absolute Gasteiger partial charge is 0.481 e. The quantitative estimate of drug-likeness (QED) is 0.868. The van der Waals surface area contributed by atoms with Crippen LogP contribution in [-0.4, -0.2) is 11.1 Å². The molecule has 0 bridgehead atoms. The minimum absolute atomic E-state index is 0.125. The van der Waals surface area contributed by atoms with Crippen molar-refractivity contribution < 1.29 is 9.90 Å². The average Bonchev–Trinajstić information content (AvgIpc) is 2.03. The van der Waals surface area contributed by atoms with Gasteiger partial charge in [0.05, 0.1) is 6.42 Å². The number of benzene rings is 1. The predicted octanol–water partition coefficient (Wildman–Crippen LogP) is 2.48. The molecule has 0 aliphatic heterocycles. The number of aryl methyl sites for hydroxylation is 1. The number of hydrogen-bond acceptors (Lipinski definition) is 1. The van der Waals surface area contributed by atoms with E-state index in [-0.39, 0.29) is 6.42 Å². The van der Waals surface area contributed by atoms with E-state index in [4.69, 9.17) is 5.11 Å². The Morgan fingerprint density at radius 1 is 1.46 bits per heavy atom. The van der Waals surface area contributed by atoms with Crippen LogP contribution in [0.25, 0.3) is 0 Å². The highest BCUT2D eigenvalue weighted by molar-refractivity contribution is 14.1. The van der Waals surface area contributed by atoms with Crippen LogP contribution in [0.3, 0.4) is 0 Å². The number of carboxylic acids is 1. The Bertz CT molecular complexity index is 321.